The molecule has 4 aromatic rings. The van der Waals surface area contributed by atoms with E-state index in [9.17, 15) is 4.79 Å². The zero-order valence-corrected chi connectivity index (χ0v) is 19.6. The molecule has 0 aliphatic rings. The van der Waals surface area contributed by atoms with Crippen molar-refractivity contribution < 1.29 is 4.79 Å². The Hall–Kier alpha value is -3.10. The minimum Gasteiger partial charge on any atom is -0.310 e. The van der Waals surface area contributed by atoms with Gasteiger partial charge in [-0.2, -0.15) is 5.10 Å². The van der Waals surface area contributed by atoms with Gasteiger partial charge in [-0.15, -0.1) is 10.2 Å². The van der Waals surface area contributed by atoms with Gasteiger partial charge in [-0.05, 0) is 57.2 Å². The number of carbonyl (C=O) groups is 1. The summed E-state index contributed by atoms with van der Waals surface area (Å²) in [5, 5.41) is 17.4. The summed E-state index contributed by atoms with van der Waals surface area (Å²) >= 11 is 7.34. The third kappa shape index (κ3) is 4.87. The van der Waals surface area contributed by atoms with Crippen molar-refractivity contribution in [3.63, 3.8) is 0 Å². The molecule has 4 rings (SSSR count). The van der Waals surface area contributed by atoms with Crippen LogP contribution >= 0.6 is 23.4 Å². The second-order valence-electron chi connectivity index (χ2n) is 7.31. The molecule has 0 aliphatic heterocycles. The van der Waals surface area contributed by atoms with Crippen molar-refractivity contribution in [3.8, 4) is 17.1 Å². The first kappa shape index (κ1) is 22.1. The molecule has 0 saturated carbocycles. The van der Waals surface area contributed by atoms with Gasteiger partial charge in [0.25, 0.3) is 0 Å². The Balaban J connectivity index is 1.46. The van der Waals surface area contributed by atoms with Crippen molar-refractivity contribution in [1.29, 1.82) is 0 Å². The van der Waals surface area contributed by atoms with Gasteiger partial charge < -0.3 is 9.88 Å². The van der Waals surface area contributed by atoms with Crippen LogP contribution in [0.3, 0.4) is 0 Å². The highest BCUT2D eigenvalue weighted by Crippen LogP contribution is 2.25. The topological polar surface area (TPSA) is 77.6 Å². The molecule has 0 atom stereocenters. The Morgan fingerprint density at radius 3 is 2.47 bits per heavy atom. The van der Waals surface area contributed by atoms with Crippen LogP contribution in [-0.2, 0) is 11.3 Å². The van der Waals surface area contributed by atoms with Gasteiger partial charge in [0.15, 0.2) is 11.0 Å². The third-order valence-electron chi connectivity index (χ3n) is 4.85. The largest absolute Gasteiger partial charge is 0.310 e. The number of carbonyl (C=O) groups excluding carboxylic acids is 1. The molecule has 0 unspecified atom stereocenters. The molecule has 0 spiro atoms. The third-order valence-corrected chi connectivity index (χ3v) is 6.06. The highest BCUT2D eigenvalue weighted by Gasteiger charge is 2.16. The Bertz CT molecular complexity index is 1230. The fourth-order valence-corrected chi connectivity index (χ4v) is 4.20. The number of aryl methyl sites for hydroxylation is 2. The fourth-order valence-electron chi connectivity index (χ4n) is 3.27. The van der Waals surface area contributed by atoms with E-state index in [1.165, 1.54) is 11.8 Å². The summed E-state index contributed by atoms with van der Waals surface area (Å²) in [6, 6.07) is 17.3. The molecule has 0 bridgehead atoms. The minimum absolute atomic E-state index is 0.137. The second kappa shape index (κ2) is 9.58. The summed E-state index contributed by atoms with van der Waals surface area (Å²) < 4.78 is 3.73. The van der Waals surface area contributed by atoms with Gasteiger partial charge in [0, 0.05) is 23.2 Å². The highest BCUT2D eigenvalue weighted by molar-refractivity contribution is 7.99. The predicted octanol–water partition coefficient (Wildman–Crippen LogP) is 5.15. The van der Waals surface area contributed by atoms with E-state index in [4.69, 9.17) is 11.6 Å². The number of anilines is 1. The molecule has 0 radical (unpaired) electrons. The summed E-state index contributed by atoms with van der Waals surface area (Å²) in [6.07, 6.45) is 0. The molecular formula is C23H23ClN6OS. The Labute approximate surface area is 195 Å². The van der Waals surface area contributed by atoms with Gasteiger partial charge in [0.05, 0.1) is 17.1 Å². The standard InChI is InChI=1S/C23H23ClN6OS/c1-4-29-22(17-7-9-18(24)10-8-17)26-27-23(29)32-14-21(31)25-20-13-16(3)28-30(20)19-11-5-15(2)6-12-19/h5-13H,4,14H2,1-3H3,(H,25,31). The average Bonchev–Trinajstić information content (AvgIpc) is 3.36. The Morgan fingerprint density at radius 1 is 1.06 bits per heavy atom. The lowest BCUT2D eigenvalue weighted by Crippen LogP contribution is -2.17. The molecule has 164 valence electrons. The van der Waals surface area contributed by atoms with Crippen LogP contribution in [-0.4, -0.2) is 36.2 Å². The molecule has 2 aromatic carbocycles. The number of hydrogen-bond acceptors (Lipinski definition) is 5. The van der Waals surface area contributed by atoms with Crippen LogP contribution in [0.25, 0.3) is 17.1 Å². The molecule has 9 heteroatoms. The zero-order chi connectivity index (χ0) is 22.7. The lowest BCUT2D eigenvalue weighted by atomic mass is 10.2. The highest BCUT2D eigenvalue weighted by atomic mass is 35.5. The van der Waals surface area contributed by atoms with E-state index in [0.29, 0.717) is 22.5 Å². The molecule has 2 heterocycles. The lowest BCUT2D eigenvalue weighted by Gasteiger charge is -2.10. The first-order valence-electron chi connectivity index (χ1n) is 10.2. The van der Waals surface area contributed by atoms with E-state index in [1.54, 1.807) is 4.68 Å². The van der Waals surface area contributed by atoms with Crippen LogP contribution in [0.4, 0.5) is 5.82 Å². The smallest absolute Gasteiger partial charge is 0.236 e. The predicted molar refractivity (Wildman–Crippen MR) is 129 cm³/mol. The SMILES string of the molecule is CCn1c(SCC(=O)Nc2cc(C)nn2-c2ccc(C)cc2)nnc1-c1ccc(Cl)cc1. The van der Waals surface area contributed by atoms with Crippen LogP contribution in [0.1, 0.15) is 18.2 Å². The number of rotatable bonds is 7. The quantitative estimate of drug-likeness (QED) is 0.381. The van der Waals surface area contributed by atoms with Crippen LogP contribution in [0, 0.1) is 13.8 Å². The van der Waals surface area contributed by atoms with Crippen molar-refractivity contribution >= 4 is 35.1 Å². The molecule has 2 aromatic heterocycles. The van der Waals surface area contributed by atoms with E-state index >= 15 is 0 Å². The zero-order valence-electron chi connectivity index (χ0n) is 18.0. The fraction of sp³-hybridized carbons (Fsp3) is 0.217. The number of amides is 1. The first-order valence-corrected chi connectivity index (χ1v) is 11.6. The van der Waals surface area contributed by atoms with Crippen molar-refractivity contribution in [3.05, 3.63) is 70.9 Å². The summed E-state index contributed by atoms with van der Waals surface area (Å²) in [5.41, 5.74) is 3.81. The maximum atomic E-state index is 12.7. The van der Waals surface area contributed by atoms with Gasteiger partial charge in [-0.1, -0.05) is 41.1 Å². The van der Waals surface area contributed by atoms with Crippen molar-refractivity contribution in [1.82, 2.24) is 24.5 Å². The Kier molecular flexibility index (Phi) is 6.62. The summed E-state index contributed by atoms with van der Waals surface area (Å²) in [6.45, 7) is 6.65. The van der Waals surface area contributed by atoms with Gasteiger partial charge in [0.2, 0.25) is 5.91 Å². The summed E-state index contributed by atoms with van der Waals surface area (Å²) in [5.74, 6) is 1.45. The van der Waals surface area contributed by atoms with E-state index in [1.807, 2.05) is 79.9 Å². The van der Waals surface area contributed by atoms with Crippen molar-refractivity contribution in [2.45, 2.75) is 32.5 Å². The monoisotopic (exact) mass is 466 g/mol. The normalized spacial score (nSPS) is 11.0. The van der Waals surface area contributed by atoms with E-state index in [2.05, 4.69) is 20.6 Å². The molecule has 0 fully saturated rings. The summed E-state index contributed by atoms with van der Waals surface area (Å²) in [7, 11) is 0. The van der Waals surface area contributed by atoms with Gasteiger partial charge >= 0.3 is 0 Å². The number of aromatic nitrogens is 5. The number of hydrogen-bond donors (Lipinski definition) is 1. The molecule has 7 nitrogen and oxygen atoms in total. The second-order valence-corrected chi connectivity index (χ2v) is 8.69. The minimum atomic E-state index is -0.137. The first-order chi connectivity index (χ1) is 15.4. The summed E-state index contributed by atoms with van der Waals surface area (Å²) in [4.78, 5) is 12.7. The number of benzene rings is 2. The molecular weight excluding hydrogens is 444 g/mol. The maximum absolute atomic E-state index is 12.7. The maximum Gasteiger partial charge on any atom is 0.236 e. The van der Waals surface area contributed by atoms with Gasteiger partial charge in [0.1, 0.15) is 5.82 Å². The van der Waals surface area contributed by atoms with Gasteiger partial charge in [-0.3, -0.25) is 4.79 Å². The van der Waals surface area contributed by atoms with E-state index < -0.39 is 0 Å². The number of halogens is 1. The number of nitrogens with zero attached hydrogens (tertiary/aromatic N) is 5. The molecule has 1 N–H and O–H groups in total. The van der Waals surface area contributed by atoms with Gasteiger partial charge in [-0.25, -0.2) is 4.68 Å². The van der Waals surface area contributed by atoms with Crippen LogP contribution in [0.5, 0.6) is 0 Å². The molecule has 0 saturated heterocycles. The van der Waals surface area contributed by atoms with Crippen LogP contribution < -0.4 is 5.32 Å². The van der Waals surface area contributed by atoms with E-state index in [-0.39, 0.29) is 11.7 Å². The molecule has 0 aliphatic carbocycles. The van der Waals surface area contributed by atoms with E-state index in [0.717, 1.165) is 28.3 Å². The number of nitrogens with one attached hydrogen (secondary N) is 1. The van der Waals surface area contributed by atoms with Crippen molar-refractivity contribution in [2.24, 2.45) is 0 Å². The Morgan fingerprint density at radius 2 is 1.78 bits per heavy atom. The number of thioether (sulfide) groups is 1. The molecule has 1 amide bonds. The van der Waals surface area contributed by atoms with Crippen molar-refractivity contribution in [2.75, 3.05) is 11.1 Å². The molecule has 32 heavy (non-hydrogen) atoms. The lowest BCUT2D eigenvalue weighted by molar-refractivity contribution is -0.113. The van der Waals surface area contributed by atoms with Crippen LogP contribution in [0.15, 0.2) is 59.8 Å². The average molecular weight is 467 g/mol. The van der Waals surface area contributed by atoms with Crippen LogP contribution in [0.2, 0.25) is 5.02 Å².